The normalized spacial score (nSPS) is 17.4. The maximum Gasteiger partial charge on any atom is 0.276 e. The molecule has 1 saturated carbocycles. The van der Waals surface area contributed by atoms with Gasteiger partial charge in [-0.15, -0.1) is 0 Å². The molecule has 124 valence electrons. The highest BCUT2D eigenvalue weighted by molar-refractivity contribution is 6.30. The number of benzene rings is 1. The van der Waals surface area contributed by atoms with E-state index in [1.807, 2.05) is 24.3 Å². The van der Waals surface area contributed by atoms with Crippen LogP contribution in [-0.4, -0.2) is 14.6 Å². The fourth-order valence-electron chi connectivity index (χ4n) is 4.07. The van der Waals surface area contributed by atoms with E-state index in [0.717, 1.165) is 54.6 Å². The van der Waals surface area contributed by atoms with Crippen LogP contribution in [0.15, 0.2) is 29.1 Å². The number of fused-ring (bicyclic) bond motifs is 2. The Labute approximate surface area is 148 Å². The Morgan fingerprint density at radius 3 is 2.68 bits per heavy atom. The van der Waals surface area contributed by atoms with Crippen molar-refractivity contribution >= 4 is 17.2 Å². The minimum atomic E-state index is -0.250. The van der Waals surface area contributed by atoms with Crippen LogP contribution in [0.5, 0.6) is 0 Å². The quantitative estimate of drug-likeness (QED) is 0.771. The number of halogens is 1. The van der Waals surface area contributed by atoms with Gasteiger partial charge in [-0.2, -0.15) is 9.78 Å². The fraction of sp³-hybridized carbons (Fsp3) is 0.316. The third-order valence-electron chi connectivity index (χ3n) is 5.54. The highest BCUT2D eigenvalue weighted by Crippen LogP contribution is 2.54. The van der Waals surface area contributed by atoms with Crippen LogP contribution in [0.4, 0.5) is 0 Å². The van der Waals surface area contributed by atoms with Crippen molar-refractivity contribution in [1.82, 2.24) is 14.6 Å². The first kappa shape index (κ1) is 14.7. The molecule has 1 fully saturated rings. The number of nitrogens with zero attached hydrogens (tertiary/aromatic N) is 3. The lowest BCUT2D eigenvalue weighted by atomic mass is 9.90. The van der Waals surface area contributed by atoms with E-state index in [1.165, 1.54) is 4.52 Å². The maximum absolute atomic E-state index is 12.8. The highest BCUT2D eigenvalue weighted by Gasteiger charge is 2.49. The zero-order chi connectivity index (χ0) is 17.2. The van der Waals surface area contributed by atoms with Gasteiger partial charge in [0.05, 0.1) is 11.4 Å². The Morgan fingerprint density at radius 1 is 1.24 bits per heavy atom. The lowest BCUT2D eigenvalue weighted by molar-refractivity contribution is 0.755. The number of aryl methyl sites for hydroxylation is 1. The SMILES string of the molecule is N#Cc1c(C2(c3ccc(Cl)cc3)CC2)[nH]n2c(=O)c3c(nc12)CCC3. The Hall–Kier alpha value is -2.58. The third kappa shape index (κ3) is 1.95. The van der Waals surface area contributed by atoms with Crippen LogP contribution >= 0.6 is 11.6 Å². The molecule has 0 amide bonds. The van der Waals surface area contributed by atoms with Gasteiger partial charge in [0.15, 0.2) is 5.65 Å². The van der Waals surface area contributed by atoms with Crippen LogP contribution in [-0.2, 0) is 18.3 Å². The first-order valence-electron chi connectivity index (χ1n) is 8.47. The van der Waals surface area contributed by atoms with Crippen molar-refractivity contribution in [2.45, 2.75) is 37.5 Å². The number of nitriles is 1. The van der Waals surface area contributed by atoms with E-state index >= 15 is 0 Å². The summed E-state index contributed by atoms with van der Waals surface area (Å²) in [4.78, 5) is 17.4. The van der Waals surface area contributed by atoms with Gasteiger partial charge in [-0.25, -0.2) is 4.98 Å². The maximum atomic E-state index is 12.8. The first-order valence-corrected chi connectivity index (χ1v) is 8.85. The van der Waals surface area contributed by atoms with Gasteiger partial charge in [0, 0.05) is 16.0 Å². The second-order valence-electron chi connectivity index (χ2n) is 6.92. The summed E-state index contributed by atoms with van der Waals surface area (Å²) in [6, 6.07) is 10.0. The lowest BCUT2D eigenvalue weighted by Gasteiger charge is -2.14. The molecule has 5 nitrogen and oxygen atoms in total. The van der Waals surface area contributed by atoms with Crippen LogP contribution in [0, 0.1) is 11.3 Å². The second kappa shape index (κ2) is 4.96. The minimum absolute atomic E-state index is 0.0628. The summed E-state index contributed by atoms with van der Waals surface area (Å²) in [5, 5.41) is 13.7. The van der Waals surface area contributed by atoms with Gasteiger partial charge in [0.2, 0.25) is 0 Å². The molecule has 0 aliphatic heterocycles. The number of H-pyrrole nitrogens is 1. The zero-order valence-electron chi connectivity index (χ0n) is 13.5. The lowest BCUT2D eigenvalue weighted by Crippen LogP contribution is -2.20. The molecule has 0 bridgehead atoms. The van der Waals surface area contributed by atoms with E-state index in [2.05, 4.69) is 16.2 Å². The number of aromatic amines is 1. The van der Waals surface area contributed by atoms with Crippen LogP contribution in [0.1, 0.15) is 47.3 Å². The van der Waals surface area contributed by atoms with Crippen LogP contribution < -0.4 is 5.56 Å². The topological polar surface area (TPSA) is 73.9 Å². The van der Waals surface area contributed by atoms with Crippen molar-refractivity contribution in [3.05, 3.63) is 67.7 Å². The van der Waals surface area contributed by atoms with Crippen LogP contribution in [0.25, 0.3) is 5.65 Å². The van der Waals surface area contributed by atoms with Gasteiger partial charge in [-0.3, -0.25) is 9.89 Å². The summed E-state index contributed by atoms with van der Waals surface area (Å²) in [5.74, 6) is 0. The van der Waals surface area contributed by atoms with E-state index in [9.17, 15) is 10.1 Å². The van der Waals surface area contributed by atoms with Gasteiger partial charge >= 0.3 is 0 Å². The van der Waals surface area contributed by atoms with Crippen molar-refractivity contribution < 1.29 is 0 Å². The van der Waals surface area contributed by atoms with Crippen molar-refractivity contribution in [2.24, 2.45) is 0 Å². The van der Waals surface area contributed by atoms with Crippen molar-refractivity contribution in [2.75, 3.05) is 0 Å². The number of hydrogen-bond donors (Lipinski definition) is 1. The van der Waals surface area contributed by atoms with Gasteiger partial charge in [-0.1, -0.05) is 23.7 Å². The van der Waals surface area contributed by atoms with E-state index in [0.29, 0.717) is 16.2 Å². The summed E-state index contributed by atoms with van der Waals surface area (Å²) < 4.78 is 1.47. The van der Waals surface area contributed by atoms with Gasteiger partial charge in [0.1, 0.15) is 11.6 Å². The molecule has 0 saturated heterocycles. The summed E-state index contributed by atoms with van der Waals surface area (Å²) in [6.07, 6.45) is 4.40. The van der Waals surface area contributed by atoms with E-state index < -0.39 is 0 Å². The minimum Gasteiger partial charge on any atom is -0.291 e. The number of hydrogen-bond acceptors (Lipinski definition) is 3. The molecular weight excluding hydrogens is 336 g/mol. The molecular formula is C19H15ClN4O. The molecule has 3 aromatic rings. The number of aromatic nitrogens is 3. The van der Waals surface area contributed by atoms with Crippen molar-refractivity contribution in [1.29, 1.82) is 5.26 Å². The van der Waals surface area contributed by atoms with Gasteiger partial charge in [0.25, 0.3) is 5.56 Å². The van der Waals surface area contributed by atoms with Crippen LogP contribution in [0.3, 0.4) is 0 Å². The van der Waals surface area contributed by atoms with Crippen molar-refractivity contribution in [3.8, 4) is 6.07 Å². The zero-order valence-corrected chi connectivity index (χ0v) is 14.2. The molecule has 0 radical (unpaired) electrons. The predicted molar refractivity (Wildman–Crippen MR) is 94.0 cm³/mol. The van der Waals surface area contributed by atoms with Crippen LogP contribution in [0.2, 0.25) is 5.02 Å². The second-order valence-corrected chi connectivity index (χ2v) is 7.35. The average molecular weight is 351 g/mol. The largest absolute Gasteiger partial charge is 0.291 e. The van der Waals surface area contributed by atoms with E-state index in [1.54, 1.807) is 0 Å². The summed E-state index contributed by atoms with van der Waals surface area (Å²) in [7, 11) is 0. The molecule has 6 heteroatoms. The summed E-state index contributed by atoms with van der Waals surface area (Å²) >= 11 is 6.01. The Balaban J connectivity index is 1.78. The average Bonchev–Trinajstić information content (AvgIpc) is 3.12. The Kier molecular flexibility index (Phi) is 2.93. The van der Waals surface area contributed by atoms with Gasteiger partial charge in [-0.05, 0) is 49.8 Å². The van der Waals surface area contributed by atoms with Crippen molar-refractivity contribution in [3.63, 3.8) is 0 Å². The summed E-state index contributed by atoms with van der Waals surface area (Å²) in [6.45, 7) is 0. The molecule has 0 unspecified atom stereocenters. The molecule has 2 aliphatic rings. The summed E-state index contributed by atoms with van der Waals surface area (Å²) in [5.41, 5.74) is 4.18. The van der Waals surface area contributed by atoms with E-state index in [4.69, 9.17) is 11.6 Å². The smallest absolute Gasteiger partial charge is 0.276 e. The Bertz CT molecular complexity index is 1110. The van der Waals surface area contributed by atoms with E-state index in [-0.39, 0.29) is 11.0 Å². The molecule has 2 aliphatic carbocycles. The molecule has 1 N–H and O–H groups in total. The molecule has 2 aromatic heterocycles. The predicted octanol–water partition coefficient (Wildman–Crippen LogP) is 3.12. The highest BCUT2D eigenvalue weighted by atomic mass is 35.5. The number of rotatable bonds is 2. The monoisotopic (exact) mass is 350 g/mol. The third-order valence-corrected chi connectivity index (χ3v) is 5.79. The fourth-order valence-corrected chi connectivity index (χ4v) is 4.20. The molecule has 25 heavy (non-hydrogen) atoms. The molecule has 1 aromatic carbocycles. The van der Waals surface area contributed by atoms with Gasteiger partial charge < -0.3 is 0 Å². The molecule has 0 spiro atoms. The standard InChI is InChI=1S/C19H15ClN4O/c20-12-6-4-11(5-7-12)19(8-9-19)16-14(10-21)17-22-15-3-1-2-13(15)18(25)24(17)23-16/h4-7,23H,1-3,8-9H2. The first-order chi connectivity index (χ1) is 12.1. The Morgan fingerprint density at radius 2 is 2.00 bits per heavy atom. The molecule has 5 rings (SSSR count). The molecule has 2 heterocycles. The molecule has 0 atom stereocenters. The number of nitrogens with one attached hydrogen (secondary N) is 1.